The highest BCUT2D eigenvalue weighted by Crippen LogP contribution is 2.24. The summed E-state index contributed by atoms with van der Waals surface area (Å²) in [5, 5.41) is 9.63. The van der Waals surface area contributed by atoms with Gasteiger partial charge in [-0.1, -0.05) is 5.57 Å². The molecule has 1 unspecified atom stereocenters. The van der Waals surface area contributed by atoms with Crippen LogP contribution in [0.5, 0.6) is 0 Å². The standard InChI is InChI=1S/C10H13BrO2/c1-7(2)3-4-8(12)9-5-6-10(11)13-9/h5-6,8,12H,1,3-4H2,2H3. The number of halogens is 1. The lowest BCUT2D eigenvalue weighted by Crippen LogP contribution is -1.95. The van der Waals surface area contributed by atoms with Gasteiger partial charge in [0, 0.05) is 0 Å². The Morgan fingerprint density at radius 1 is 1.69 bits per heavy atom. The van der Waals surface area contributed by atoms with Crippen molar-refractivity contribution in [2.24, 2.45) is 0 Å². The molecule has 13 heavy (non-hydrogen) atoms. The van der Waals surface area contributed by atoms with E-state index in [0.29, 0.717) is 16.9 Å². The lowest BCUT2D eigenvalue weighted by Gasteiger charge is -2.06. The second-order valence-corrected chi connectivity index (χ2v) is 3.94. The first kappa shape index (κ1) is 10.5. The molecule has 1 aromatic heterocycles. The van der Waals surface area contributed by atoms with Crippen molar-refractivity contribution in [2.45, 2.75) is 25.9 Å². The molecule has 0 aliphatic heterocycles. The molecule has 0 bridgehead atoms. The second-order valence-electron chi connectivity index (χ2n) is 3.15. The largest absolute Gasteiger partial charge is 0.452 e. The summed E-state index contributed by atoms with van der Waals surface area (Å²) < 4.78 is 5.86. The van der Waals surface area contributed by atoms with Crippen molar-refractivity contribution >= 4 is 15.9 Å². The Kier molecular flexibility index (Phi) is 3.75. The van der Waals surface area contributed by atoms with E-state index in [9.17, 15) is 5.11 Å². The van der Waals surface area contributed by atoms with E-state index in [1.807, 2.05) is 6.92 Å². The molecule has 3 heteroatoms. The van der Waals surface area contributed by atoms with Crippen LogP contribution in [0.25, 0.3) is 0 Å². The summed E-state index contributed by atoms with van der Waals surface area (Å²) in [4.78, 5) is 0. The molecule has 0 fully saturated rings. The average Bonchev–Trinajstić information content (AvgIpc) is 2.47. The lowest BCUT2D eigenvalue weighted by molar-refractivity contribution is 0.139. The number of aliphatic hydroxyl groups excluding tert-OH is 1. The smallest absolute Gasteiger partial charge is 0.169 e. The van der Waals surface area contributed by atoms with Crippen LogP contribution in [0.4, 0.5) is 0 Å². The van der Waals surface area contributed by atoms with Crippen molar-refractivity contribution in [2.75, 3.05) is 0 Å². The fraction of sp³-hybridized carbons (Fsp3) is 0.400. The molecular weight excluding hydrogens is 232 g/mol. The summed E-state index contributed by atoms with van der Waals surface area (Å²) in [5.74, 6) is 0.605. The molecule has 0 radical (unpaired) electrons. The van der Waals surface area contributed by atoms with Gasteiger partial charge in [0.1, 0.15) is 11.9 Å². The minimum absolute atomic E-state index is 0.525. The number of aliphatic hydroxyl groups is 1. The highest BCUT2D eigenvalue weighted by molar-refractivity contribution is 9.10. The average molecular weight is 245 g/mol. The Balaban J connectivity index is 2.48. The first-order chi connectivity index (χ1) is 6.09. The summed E-state index contributed by atoms with van der Waals surface area (Å²) in [6, 6.07) is 3.55. The van der Waals surface area contributed by atoms with E-state index >= 15 is 0 Å². The third-order valence-corrected chi connectivity index (χ3v) is 2.19. The van der Waals surface area contributed by atoms with Crippen LogP contribution < -0.4 is 0 Å². The third kappa shape index (κ3) is 3.36. The SMILES string of the molecule is C=C(C)CCC(O)c1ccc(Br)o1. The van der Waals surface area contributed by atoms with Crippen LogP contribution in [0.15, 0.2) is 33.4 Å². The minimum Gasteiger partial charge on any atom is -0.452 e. The van der Waals surface area contributed by atoms with Crippen molar-refractivity contribution in [3.8, 4) is 0 Å². The van der Waals surface area contributed by atoms with Crippen LogP contribution >= 0.6 is 15.9 Å². The maximum absolute atomic E-state index is 9.63. The molecule has 1 aromatic rings. The minimum atomic E-state index is -0.525. The molecule has 1 heterocycles. The van der Waals surface area contributed by atoms with E-state index in [1.54, 1.807) is 12.1 Å². The molecule has 0 amide bonds. The van der Waals surface area contributed by atoms with E-state index < -0.39 is 6.10 Å². The Labute approximate surface area is 86.4 Å². The first-order valence-electron chi connectivity index (χ1n) is 4.17. The number of rotatable bonds is 4. The van der Waals surface area contributed by atoms with Crippen molar-refractivity contribution < 1.29 is 9.52 Å². The number of furan rings is 1. The number of hydrogen-bond acceptors (Lipinski definition) is 2. The Bertz CT molecular complexity index is 291. The number of allylic oxidation sites excluding steroid dienone is 1. The van der Waals surface area contributed by atoms with Gasteiger partial charge < -0.3 is 9.52 Å². The molecular formula is C10H13BrO2. The van der Waals surface area contributed by atoms with Gasteiger partial charge in [-0.3, -0.25) is 0 Å². The van der Waals surface area contributed by atoms with E-state index in [2.05, 4.69) is 22.5 Å². The van der Waals surface area contributed by atoms with Gasteiger partial charge in [-0.2, -0.15) is 0 Å². The normalized spacial score (nSPS) is 12.8. The van der Waals surface area contributed by atoms with Crippen LogP contribution in [-0.4, -0.2) is 5.11 Å². The van der Waals surface area contributed by atoms with Gasteiger partial charge in [-0.05, 0) is 47.8 Å². The first-order valence-corrected chi connectivity index (χ1v) is 4.96. The molecule has 0 aliphatic carbocycles. The van der Waals surface area contributed by atoms with Gasteiger partial charge in [0.25, 0.3) is 0 Å². The molecule has 0 aliphatic rings. The van der Waals surface area contributed by atoms with Crippen molar-refractivity contribution in [3.05, 3.63) is 34.7 Å². The van der Waals surface area contributed by atoms with Gasteiger partial charge in [0.15, 0.2) is 4.67 Å². The van der Waals surface area contributed by atoms with Crippen LogP contribution in [0.1, 0.15) is 31.6 Å². The van der Waals surface area contributed by atoms with Crippen LogP contribution in [0.2, 0.25) is 0 Å². The van der Waals surface area contributed by atoms with Crippen LogP contribution in [0.3, 0.4) is 0 Å². The van der Waals surface area contributed by atoms with E-state index in [0.717, 1.165) is 12.0 Å². The molecule has 0 aromatic carbocycles. The summed E-state index contributed by atoms with van der Waals surface area (Å²) in [6.07, 6.45) is 0.956. The van der Waals surface area contributed by atoms with E-state index in [-0.39, 0.29) is 0 Å². The van der Waals surface area contributed by atoms with Gasteiger partial charge in [0.2, 0.25) is 0 Å². The zero-order valence-electron chi connectivity index (χ0n) is 7.59. The molecule has 0 saturated carbocycles. The van der Waals surface area contributed by atoms with Crippen LogP contribution in [-0.2, 0) is 0 Å². The Hall–Kier alpha value is -0.540. The molecule has 1 N–H and O–H groups in total. The predicted molar refractivity (Wildman–Crippen MR) is 55.4 cm³/mol. The van der Waals surface area contributed by atoms with Gasteiger partial charge in [0.05, 0.1) is 0 Å². The summed E-state index contributed by atoms with van der Waals surface area (Å²) >= 11 is 3.19. The zero-order valence-corrected chi connectivity index (χ0v) is 9.17. The zero-order chi connectivity index (χ0) is 9.84. The highest BCUT2D eigenvalue weighted by atomic mass is 79.9. The molecule has 0 spiro atoms. The monoisotopic (exact) mass is 244 g/mol. The maximum Gasteiger partial charge on any atom is 0.169 e. The lowest BCUT2D eigenvalue weighted by atomic mass is 10.1. The summed E-state index contributed by atoms with van der Waals surface area (Å²) in [6.45, 7) is 5.72. The maximum atomic E-state index is 9.63. The summed E-state index contributed by atoms with van der Waals surface area (Å²) in [7, 11) is 0. The van der Waals surface area contributed by atoms with Gasteiger partial charge in [-0.15, -0.1) is 6.58 Å². The molecule has 1 rings (SSSR count). The topological polar surface area (TPSA) is 33.4 Å². The van der Waals surface area contributed by atoms with Gasteiger partial charge in [-0.25, -0.2) is 0 Å². The second kappa shape index (κ2) is 4.63. The quantitative estimate of drug-likeness (QED) is 0.824. The van der Waals surface area contributed by atoms with E-state index in [1.165, 1.54) is 0 Å². The Morgan fingerprint density at radius 3 is 2.85 bits per heavy atom. The van der Waals surface area contributed by atoms with Crippen molar-refractivity contribution in [3.63, 3.8) is 0 Å². The third-order valence-electron chi connectivity index (χ3n) is 1.77. The van der Waals surface area contributed by atoms with Crippen LogP contribution in [0, 0.1) is 0 Å². The molecule has 2 nitrogen and oxygen atoms in total. The summed E-state index contributed by atoms with van der Waals surface area (Å²) in [5.41, 5.74) is 1.07. The van der Waals surface area contributed by atoms with Crippen molar-refractivity contribution in [1.29, 1.82) is 0 Å². The van der Waals surface area contributed by atoms with Gasteiger partial charge >= 0.3 is 0 Å². The fourth-order valence-corrected chi connectivity index (χ4v) is 1.35. The highest BCUT2D eigenvalue weighted by Gasteiger charge is 2.11. The number of hydrogen-bond donors (Lipinski definition) is 1. The van der Waals surface area contributed by atoms with E-state index in [4.69, 9.17) is 4.42 Å². The molecule has 0 saturated heterocycles. The molecule has 72 valence electrons. The van der Waals surface area contributed by atoms with Crippen molar-refractivity contribution in [1.82, 2.24) is 0 Å². The Morgan fingerprint density at radius 2 is 2.38 bits per heavy atom. The predicted octanol–water partition coefficient (Wildman–Crippen LogP) is 3.43. The molecule has 1 atom stereocenters. The fourth-order valence-electron chi connectivity index (χ4n) is 1.03.